The maximum atomic E-state index is 5.33. The van der Waals surface area contributed by atoms with Crippen LogP contribution in [0.1, 0.15) is 44.9 Å². The van der Waals surface area contributed by atoms with E-state index in [0.29, 0.717) is 0 Å². The Morgan fingerprint density at radius 1 is 0.944 bits per heavy atom. The molecule has 0 bridgehead atoms. The average molecular weight is 249 g/mol. The van der Waals surface area contributed by atoms with Gasteiger partial charge in [0.05, 0.1) is 13.2 Å². The summed E-state index contributed by atoms with van der Waals surface area (Å²) in [5, 5.41) is 0. The summed E-state index contributed by atoms with van der Waals surface area (Å²) < 4.78 is 5.33. The van der Waals surface area contributed by atoms with Crippen molar-refractivity contribution in [3.8, 4) is 0 Å². The first kappa shape index (κ1) is 13.7. The molecule has 2 fully saturated rings. The molecule has 0 aromatic carbocycles. The van der Waals surface area contributed by atoms with Crippen LogP contribution in [0.5, 0.6) is 0 Å². The Labute approximate surface area is 112 Å². The van der Waals surface area contributed by atoms with Crippen LogP contribution >= 0.6 is 0 Å². The van der Waals surface area contributed by atoms with Crippen molar-refractivity contribution >= 4 is 0 Å². The Hall–Kier alpha value is -0.760. The second-order valence-corrected chi connectivity index (χ2v) is 5.44. The fourth-order valence-corrected chi connectivity index (χ4v) is 2.76. The van der Waals surface area contributed by atoms with Gasteiger partial charge in [-0.2, -0.15) is 0 Å². The third kappa shape index (κ3) is 5.26. The van der Waals surface area contributed by atoms with Gasteiger partial charge in [-0.05, 0) is 37.8 Å². The number of unbranched alkanes of at least 4 members (excludes halogenated alkanes) is 1. The third-order valence-corrected chi connectivity index (χ3v) is 3.92. The van der Waals surface area contributed by atoms with Gasteiger partial charge in [0.25, 0.3) is 0 Å². The van der Waals surface area contributed by atoms with Crippen LogP contribution in [0, 0.1) is 5.92 Å². The zero-order valence-electron chi connectivity index (χ0n) is 11.5. The molecule has 0 amide bonds. The summed E-state index contributed by atoms with van der Waals surface area (Å²) in [5.41, 5.74) is 0. The Balaban J connectivity index is 1.54. The van der Waals surface area contributed by atoms with Gasteiger partial charge in [0, 0.05) is 13.1 Å². The van der Waals surface area contributed by atoms with E-state index in [1.165, 1.54) is 44.9 Å². The Morgan fingerprint density at radius 3 is 2.44 bits per heavy atom. The van der Waals surface area contributed by atoms with Crippen LogP contribution in [0.3, 0.4) is 0 Å². The van der Waals surface area contributed by atoms with Crippen LogP contribution in [0.25, 0.3) is 0 Å². The van der Waals surface area contributed by atoms with Crippen molar-refractivity contribution in [2.75, 3.05) is 26.3 Å². The van der Waals surface area contributed by atoms with Crippen LogP contribution in [-0.2, 0) is 4.74 Å². The molecule has 2 heteroatoms. The summed E-state index contributed by atoms with van der Waals surface area (Å²) in [4.78, 5) is 2.36. The van der Waals surface area contributed by atoms with E-state index in [2.05, 4.69) is 29.3 Å². The summed E-state index contributed by atoms with van der Waals surface area (Å²) in [6, 6.07) is 0. The van der Waals surface area contributed by atoms with Gasteiger partial charge in [0.15, 0.2) is 0 Å². The van der Waals surface area contributed by atoms with Crippen LogP contribution < -0.4 is 0 Å². The first-order valence-electron chi connectivity index (χ1n) is 7.60. The van der Waals surface area contributed by atoms with Crippen molar-refractivity contribution < 1.29 is 4.74 Å². The van der Waals surface area contributed by atoms with Gasteiger partial charge in [-0.15, -0.1) is 0 Å². The summed E-state index contributed by atoms with van der Waals surface area (Å²) in [6.45, 7) is 3.86. The highest BCUT2D eigenvalue weighted by atomic mass is 16.5. The van der Waals surface area contributed by atoms with Crippen LogP contribution in [0.2, 0.25) is 0 Å². The molecule has 0 N–H and O–H groups in total. The minimum atomic E-state index is 0.877. The molecule has 2 rings (SSSR count). The topological polar surface area (TPSA) is 12.5 Å². The largest absolute Gasteiger partial charge is 0.378 e. The molecule has 0 aromatic rings. The lowest BCUT2D eigenvalue weighted by molar-refractivity contribution is 0.0593. The highest BCUT2D eigenvalue weighted by Gasteiger charge is 2.09. The third-order valence-electron chi connectivity index (χ3n) is 3.92. The first-order chi connectivity index (χ1) is 8.95. The number of allylic oxidation sites excluding steroid dienone is 3. The van der Waals surface area contributed by atoms with Crippen molar-refractivity contribution in [1.82, 2.24) is 4.90 Å². The van der Waals surface area contributed by atoms with E-state index in [1.54, 1.807) is 0 Å². The summed E-state index contributed by atoms with van der Waals surface area (Å²) in [7, 11) is 0. The molecule has 0 unspecified atom stereocenters. The number of hydrogen-bond acceptors (Lipinski definition) is 2. The quantitative estimate of drug-likeness (QED) is 0.543. The molecule has 0 radical (unpaired) electrons. The highest BCUT2D eigenvalue weighted by molar-refractivity contribution is 4.92. The molecule has 1 saturated carbocycles. The number of morpholine rings is 1. The predicted molar refractivity (Wildman–Crippen MR) is 76.5 cm³/mol. The lowest BCUT2D eigenvalue weighted by atomic mass is 9.89. The Morgan fingerprint density at radius 2 is 1.67 bits per heavy atom. The standard InChI is InChI=1S/C16H27NO/c1(4-8-16-9-5-3-6-10-16)2-7-11-17-12-14-18-15-13-17/h4,7-8,11,16H,1-3,5-6,9-10,12-15H2. The van der Waals surface area contributed by atoms with E-state index in [9.17, 15) is 0 Å². The number of rotatable bonds is 5. The molecule has 0 spiro atoms. The van der Waals surface area contributed by atoms with Crippen molar-refractivity contribution in [1.29, 1.82) is 0 Å². The van der Waals surface area contributed by atoms with E-state index < -0.39 is 0 Å². The molecule has 2 nitrogen and oxygen atoms in total. The minimum Gasteiger partial charge on any atom is -0.378 e. The normalized spacial score (nSPS) is 23.2. The van der Waals surface area contributed by atoms with E-state index in [-0.39, 0.29) is 0 Å². The Kier molecular flexibility index (Phi) is 6.35. The molecule has 1 aliphatic carbocycles. The smallest absolute Gasteiger partial charge is 0.0642 e. The minimum absolute atomic E-state index is 0.877. The number of nitrogens with zero attached hydrogens (tertiary/aromatic N) is 1. The van der Waals surface area contributed by atoms with Crippen molar-refractivity contribution in [2.24, 2.45) is 5.92 Å². The zero-order chi connectivity index (χ0) is 12.5. The summed E-state index contributed by atoms with van der Waals surface area (Å²) >= 11 is 0. The molecule has 18 heavy (non-hydrogen) atoms. The fourth-order valence-electron chi connectivity index (χ4n) is 2.76. The van der Waals surface area contributed by atoms with Crippen LogP contribution in [0.4, 0.5) is 0 Å². The second-order valence-electron chi connectivity index (χ2n) is 5.44. The lowest BCUT2D eigenvalue weighted by Crippen LogP contribution is -2.31. The maximum absolute atomic E-state index is 5.33. The maximum Gasteiger partial charge on any atom is 0.0642 e. The van der Waals surface area contributed by atoms with Gasteiger partial charge in [0.1, 0.15) is 0 Å². The lowest BCUT2D eigenvalue weighted by Gasteiger charge is -2.24. The average Bonchev–Trinajstić information content (AvgIpc) is 2.45. The molecular formula is C16H27NO. The van der Waals surface area contributed by atoms with Gasteiger partial charge in [0.2, 0.25) is 0 Å². The molecular weight excluding hydrogens is 222 g/mol. The van der Waals surface area contributed by atoms with Crippen molar-refractivity contribution in [3.63, 3.8) is 0 Å². The molecule has 0 aromatic heterocycles. The first-order valence-corrected chi connectivity index (χ1v) is 7.60. The number of hydrogen-bond donors (Lipinski definition) is 0. The van der Waals surface area contributed by atoms with Crippen LogP contribution in [-0.4, -0.2) is 31.2 Å². The van der Waals surface area contributed by atoms with Gasteiger partial charge in [-0.25, -0.2) is 0 Å². The summed E-state index contributed by atoms with van der Waals surface area (Å²) in [6.07, 6.45) is 18.9. The molecule has 1 saturated heterocycles. The van der Waals surface area contributed by atoms with Gasteiger partial charge in [-0.1, -0.05) is 37.5 Å². The Bertz CT molecular complexity index is 232. The zero-order valence-corrected chi connectivity index (χ0v) is 11.5. The summed E-state index contributed by atoms with van der Waals surface area (Å²) in [5.74, 6) is 0.877. The fraction of sp³-hybridized carbons (Fsp3) is 0.750. The molecule has 2 aliphatic rings. The van der Waals surface area contributed by atoms with E-state index in [4.69, 9.17) is 4.74 Å². The van der Waals surface area contributed by atoms with Gasteiger partial charge < -0.3 is 9.64 Å². The van der Waals surface area contributed by atoms with Gasteiger partial charge in [-0.3, -0.25) is 0 Å². The highest BCUT2D eigenvalue weighted by Crippen LogP contribution is 2.24. The van der Waals surface area contributed by atoms with Gasteiger partial charge >= 0.3 is 0 Å². The molecule has 0 atom stereocenters. The van der Waals surface area contributed by atoms with E-state index in [0.717, 1.165) is 32.2 Å². The van der Waals surface area contributed by atoms with Crippen molar-refractivity contribution in [3.05, 3.63) is 24.4 Å². The number of ether oxygens (including phenoxy) is 1. The SMILES string of the molecule is C(=CC1CCCCC1)CCC=CN1CCOCC1. The molecule has 1 aliphatic heterocycles. The monoisotopic (exact) mass is 249 g/mol. The van der Waals surface area contributed by atoms with E-state index >= 15 is 0 Å². The van der Waals surface area contributed by atoms with E-state index in [1.807, 2.05) is 0 Å². The predicted octanol–water partition coefficient (Wildman–Crippen LogP) is 3.75. The van der Waals surface area contributed by atoms with Crippen molar-refractivity contribution in [2.45, 2.75) is 44.9 Å². The second kappa shape index (κ2) is 8.36. The molecule has 1 heterocycles. The molecule has 102 valence electrons. The van der Waals surface area contributed by atoms with Crippen LogP contribution in [0.15, 0.2) is 24.4 Å².